The van der Waals surface area contributed by atoms with Crippen LogP contribution in [0.1, 0.15) is 21.5 Å². The average Bonchev–Trinajstić information content (AvgIpc) is 2.43. The van der Waals surface area contributed by atoms with Crippen molar-refractivity contribution >= 4 is 27.4 Å². The first kappa shape index (κ1) is 14.5. The average molecular weight is 330 g/mol. The molecule has 2 nitrogen and oxygen atoms in total. The second-order valence-electron chi connectivity index (χ2n) is 4.64. The molecular weight excluding hydrogens is 314 g/mol. The van der Waals surface area contributed by atoms with E-state index in [0.717, 1.165) is 26.9 Å². The van der Waals surface area contributed by atoms with Crippen molar-refractivity contribution in [2.45, 2.75) is 13.8 Å². The first-order valence-electron chi connectivity index (χ1n) is 6.37. The third-order valence-electron chi connectivity index (χ3n) is 3.01. The number of hydrogen-bond donors (Lipinski definition) is 1. The molecule has 2 rings (SSSR count). The van der Waals surface area contributed by atoms with E-state index in [1.165, 1.54) is 0 Å². The highest BCUT2D eigenvalue weighted by molar-refractivity contribution is 9.10. The molecule has 2 aromatic rings. The Labute approximate surface area is 127 Å². The normalized spacial score (nSPS) is 10.8. The van der Waals surface area contributed by atoms with Crippen LogP contribution in [0.4, 0.5) is 5.69 Å². The zero-order valence-corrected chi connectivity index (χ0v) is 13.1. The van der Waals surface area contributed by atoms with Crippen molar-refractivity contribution in [1.29, 1.82) is 0 Å². The third kappa shape index (κ3) is 3.58. The summed E-state index contributed by atoms with van der Waals surface area (Å²) in [7, 11) is 0. The monoisotopic (exact) mass is 329 g/mol. The Morgan fingerprint density at radius 3 is 2.65 bits per heavy atom. The summed E-state index contributed by atoms with van der Waals surface area (Å²) < 4.78 is 0.962. The highest BCUT2D eigenvalue weighted by atomic mass is 79.9. The molecule has 0 aliphatic rings. The van der Waals surface area contributed by atoms with Crippen LogP contribution in [-0.4, -0.2) is 5.78 Å². The topological polar surface area (TPSA) is 29.1 Å². The van der Waals surface area contributed by atoms with Crippen molar-refractivity contribution in [1.82, 2.24) is 0 Å². The Morgan fingerprint density at radius 2 is 1.90 bits per heavy atom. The highest BCUT2D eigenvalue weighted by Crippen LogP contribution is 2.21. The number of halogens is 1. The van der Waals surface area contributed by atoms with Gasteiger partial charge in [-0.05, 0) is 53.5 Å². The molecule has 0 atom stereocenters. The maximum Gasteiger partial charge on any atom is 0.187 e. The van der Waals surface area contributed by atoms with Crippen LogP contribution in [0.25, 0.3) is 0 Å². The van der Waals surface area contributed by atoms with E-state index < -0.39 is 0 Å². The molecule has 0 fully saturated rings. The Bertz CT molecular complexity index is 662. The molecule has 0 radical (unpaired) electrons. The number of aryl methyl sites for hydroxylation is 2. The van der Waals surface area contributed by atoms with Gasteiger partial charge in [0.15, 0.2) is 5.78 Å². The zero-order valence-electron chi connectivity index (χ0n) is 11.5. The number of ketones is 1. The van der Waals surface area contributed by atoms with E-state index in [1.54, 1.807) is 12.3 Å². The fraction of sp³-hybridized carbons (Fsp3) is 0.118. The maximum atomic E-state index is 12.2. The second kappa shape index (κ2) is 6.53. The summed E-state index contributed by atoms with van der Waals surface area (Å²) in [5.41, 5.74) is 3.75. The molecule has 0 saturated heterocycles. The molecule has 0 unspecified atom stereocenters. The molecule has 0 aliphatic heterocycles. The number of carbonyl (C=O) groups is 1. The fourth-order valence-electron chi connectivity index (χ4n) is 1.88. The summed E-state index contributed by atoms with van der Waals surface area (Å²) >= 11 is 3.45. The molecule has 3 heteroatoms. The van der Waals surface area contributed by atoms with Crippen molar-refractivity contribution in [2.75, 3.05) is 5.32 Å². The molecule has 20 heavy (non-hydrogen) atoms. The minimum absolute atomic E-state index is 0.00533. The van der Waals surface area contributed by atoms with Gasteiger partial charge in [0.05, 0.1) is 5.69 Å². The minimum Gasteiger partial charge on any atom is -0.361 e. The molecule has 2 aromatic carbocycles. The number of allylic oxidation sites excluding steroid dienone is 1. The van der Waals surface area contributed by atoms with Crippen molar-refractivity contribution in [3.63, 3.8) is 0 Å². The fourth-order valence-corrected chi connectivity index (χ4v) is 2.28. The molecule has 1 N–H and O–H groups in total. The summed E-state index contributed by atoms with van der Waals surface area (Å²) in [5.74, 6) is 0.00533. The van der Waals surface area contributed by atoms with Gasteiger partial charge in [-0.2, -0.15) is 0 Å². The number of rotatable bonds is 4. The highest BCUT2D eigenvalue weighted by Gasteiger charge is 2.05. The number of anilines is 1. The van der Waals surface area contributed by atoms with Gasteiger partial charge in [0.25, 0.3) is 0 Å². The van der Waals surface area contributed by atoms with Gasteiger partial charge in [0.2, 0.25) is 0 Å². The van der Waals surface area contributed by atoms with E-state index in [-0.39, 0.29) is 5.78 Å². The van der Waals surface area contributed by atoms with Crippen molar-refractivity contribution in [3.8, 4) is 0 Å². The number of benzene rings is 2. The van der Waals surface area contributed by atoms with E-state index in [9.17, 15) is 4.79 Å². The SMILES string of the molecule is Cc1ccc(C)c(C(=O)/C=C/Nc2ccccc2Br)c1. The molecule has 102 valence electrons. The van der Waals surface area contributed by atoms with Gasteiger partial charge < -0.3 is 5.32 Å². The number of carbonyl (C=O) groups excluding carboxylic acids is 1. The van der Waals surface area contributed by atoms with Crippen LogP contribution in [0.15, 0.2) is 59.2 Å². The lowest BCUT2D eigenvalue weighted by Crippen LogP contribution is -2.00. The summed E-state index contributed by atoms with van der Waals surface area (Å²) in [6, 6.07) is 13.7. The molecule has 0 saturated carbocycles. The standard InChI is InChI=1S/C17H16BrNO/c1-12-7-8-13(2)14(11-12)17(20)9-10-19-16-6-4-3-5-15(16)18/h3-11,19H,1-2H3/b10-9+. The van der Waals surface area contributed by atoms with E-state index >= 15 is 0 Å². The van der Waals surface area contributed by atoms with Crippen LogP contribution < -0.4 is 5.32 Å². The van der Waals surface area contributed by atoms with Gasteiger partial charge >= 0.3 is 0 Å². The van der Waals surface area contributed by atoms with Crippen LogP contribution >= 0.6 is 15.9 Å². The van der Waals surface area contributed by atoms with Crippen molar-refractivity contribution < 1.29 is 4.79 Å². The molecule has 0 amide bonds. The zero-order chi connectivity index (χ0) is 14.5. The van der Waals surface area contributed by atoms with Gasteiger partial charge in [-0.25, -0.2) is 0 Å². The molecule has 0 heterocycles. The van der Waals surface area contributed by atoms with Crippen molar-refractivity contribution in [2.24, 2.45) is 0 Å². The number of hydrogen-bond acceptors (Lipinski definition) is 2. The molecule has 0 bridgehead atoms. The van der Waals surface area contributed by atoms with E-state index in [2.05, 4.69) is 21.2 Å². The van der Waals surface area contributed by atoms with Gasteiger partial charge in [0, 0.05) is 22.3 Å². The lowest BCUT2D eigenvalue weighted by atomic mass is 10.0. The summed E-state index contributed by atoms with van der Waals surface area (Å²) in [4.78, 5) is 12.2. The first-order valence-corrected chi connectivity index (χ1v) is 7.16. The first-order chi connectivity index (χ1) is 9.58. The molecular formula is C17H16BrNO. The maximum absolute atomic E-state index is 12.2. The van der Waals surface area contributed by atoms with Gasteiger partial charge in [0.1, 0.15) is 0 Å². The van der Waals surface area contributed by atoms with Gasteiger partial charge in [-0.3, -0.25) is 4.79 Å². The summed E-state index contributed by atoms with van der Waals surface area (Å²) in [6.45, 7) is 3.93. The Kier molecular flexibility index (Phi) is 4.74. The Hall–Kier alpha value is -1.87. The van der Waals surface area contributed by atoms with E-state index in [4.69, 9.17) is 0 Å². The third-order valence-corrected chi connectivity index (χ3v) is 3.70. The van der Waals surface area contributed by atoms with E-state index in [1.807, 2.05) is 56.3 Å². The minimum atomic E-state index is 0.00533. The summed E-state index contributed by atoms with van der Waals surface area (Å²) in [5, 5.41) is 3.10. The number of nitrogens with one attached hydrogen (secondary N) is 1. The van der Waals surface area contributed by atoms with Crippen LogP contribution in [0.2, 0.25) is 0 Å². The predicted octanol–water partition coefficient (Wildman–Crippen LogP) is 4.87. The smallest absolute Gasteiger partial charge is 0.187 e. The largest absolute Gasteiger partial charge is 0.361 e. The van der Waals surface area contributed by atoms with Crippen LogP contribution in [0, 0.1) is 13.8 Å². The Morgan fingerprint density at radius 1 is 1.15 bits per heavy atom. The lowest BCUT2D eigenvalue weighted by molar-refractivity contribution is 0.104. The van der Waals surface area contributed by atoms with Crippen LogP contribution in [0.5, 0.6) is 0 Å². The van der Waals surface area contributed by atoms with E-state index in [0.29, 0.717) is 0 Å². The van der Waals surface area contributed by atoms with Crippen LogP contribution in [0.3, 0.4) is 0 Å². The lowest BCUT2D eigenvalue weighted by Gasteiger charge is -2.04. The number of para-hydroxylation sites is 1. The second-order valence-corrected chi connectivity index (χ2v) is 5.49. The Balaban J connectivity index is 2.10. The van der Waals surface area contributed by atoms with Gasteiger partial charge in [-0.1, -0.05) is 29.8 Å². The van der Waals surface area contributed by atoms with Gasteiger partial charge in [-0.15, -0.1) is 0 Å². The molecule has 0 aliphatic carbocycles. The molecule has 0 aromatic heterocycles. The molecule has 0 spiro atoms. The quantitative estimate of drug-likeness (QED) is 0.640. The van der Waals surface area contributed by atoms with Crippen molar-refractivity contribution in [3.05, 3.63) is 75.9 Å². The summed E-state index contributed by atoms with van der Waals surface area (Å²) in [6.07, 6.45) is 3.23. The van der Waals surface area contributed by atoms with Crippen LogP contribution in [-0.2, 0) is 0 Å². The predicted molar refractivity (Wildman–Crippen MR) is 87.2 cm³/mol.